The minimum Gasteiger partial charge on any atom is -0.481 e. The first-order valence-electron chi connectivity index (χ1n) is 12.9. The highest BCUT2D eigenvalue weighted by molar-refractivity contribution is 7.22. The van der Waals surface area contributed by atoms with Crippen molar-refractivity contribution in [3.8, 4) is 0 Å². The number of thiazole rings is 1. The highest BCUT2D eigenvalue weighted by Crippen LogP contribution is 2.31. The SMILES string of the molecule is Cc1ccccc1Nc1nc2ccc(CC(=O)N3C[C@@H](F)C[C@H]3COC3CCC(C(=O)O)CC3)cc2s1. The molecule has 7 nitrogen and oxygen atoms in total. The van der Waals surface area contributed by atoms with E-state index in [0.717, 1.165) is 32.2 Å². The number of carboxylic acids is 1. The van der Waals surface area contributed by atoms with Crippen LogP contribution in [0.1, 0.15) is 43.2 Å². The largest absolute Gasteiger partial charge is 0.481 e. The summed E-state index contributed by atoms with van der Waals surface area (Å²) in [5, 5.41) is 13.3. The van der Waals surface area contributed by atoms with E-state index in [4.69, 9.17) is 9.84 Å². The van der Waals surface area contributed by atoms with Gasteiger partial charge in [0.2, 0.25) is 5.91 Å². The number of aromatic nitrogens is 1. The fourth-order valence-electron chi connectivity index (χ4n) is 5.28. The number of nitrogens with one attached hydrogen (secondary N) is 1. The van der Waals surface area contributed by atoms with E-state index in [1.807, 2.05) is 49.4 Å². The highest BCUT2D eigenvalue weighted by atomic mass is 32.1. The number of hydrogen-bond donors (Lipinski definition) is 2. The number of likely N-dealkylation sites (tertiary alicyclic amines) is 1. The van der Waals surface area contributed by atoms with Crippen LogP contribution in [0.25, 0.3) is 10.2 Å². The summed E-state index contributed by atoms with van der Waals surface area (Å²) < 4.78 is 21.3. The average molecular weight is 526 g/mol. The van der Waals surface area contributed by atoms with E-state index < -0.39 is 12.1 Å². The molecular weight excluding hydrogens is 493 g/mol. The fourth-order valence-corrected chi connectivity index (χ4v) is 6.23. The van der Waals surface area contributed by atoms with Crippen LogP contribution in [0.3, 0.4) is 0 Å². The Morgan fingerprint density at radius 2 is 1.97 bits per heavy atom. The van der Waals surface area contributed by atoms with E-state index >= 15 is 0 Å². The molecule has 2 atom stereocenters. The number of anilines is 2. The molecule has 0 unspecified atom stereocenters. The van der Waals surface area contributed by atoms with Crippen LogP contribution in [0.4, 0.5) is 15.2 Å². The van der Waals surface area contributed by atoms with Gasteiger partial charge in [0.25, 0.3) is 0 Å². The number of ether oxygens (including phenoxy) is 1. The van der Waals surface area contributed by atoms with Gasteiger partial charge in [0.05, 0.1) is 47.9 Å². The quantitative estimate of drug-likeness (QED) is 0.404. The molecular formula is C28H32FN3O4S. The molecule has 3 aromatic rings. The fraction of sp³-hybridized carbons (Fsp3) is 0.464. The van der Waals surface area contributed by atoms with E-state index in [2.05, 4.69) is 10.3 Å². The zero-order valence-corrected chi connectivity index (χ0v) is 21.7. The molecule has 1 aliphatic carbocycles. The Morgan fingerprint density at radius 1 is 1.19 bits per heavy atom. The molecule has 5 rings (SSSR count). The number of hydrogen-bond acceptors (Lipinski definition) is 6. The maximum atomic E-state index is 14.3. The predicted octanol–water partition coefficient (Wildman–Crippen LogP) is 5.49. The Balaban J connectivity index is 1.19. The maximum Gasteiger partial charge on any atom is 0.306 e. The lowest BCUT2D eigenvalue weighted by atomic mass is 9.87. The van der Waals surface area contributed by atoms with Gasteiger partial charge in [-0.2, -0.15) is 0 Å². The molecule has 1 aliphatic heterocycles. The number of para-hydroxylation sites is 1. The summed E-state index contributed by atoms with van der Waals surface area (Å²) in [5.74, 6) is -1.16. The Labute approximate surface area is 219 Å². The third-order valence-electron chi connectivity index (χ3n) is 7.43. The van der Waals surface area contributed by atoms with Crippen LogP contribution in [0.2, 0.25) is 0 Å². The van der Waals surface area contributed by atoms with Gasteiger partial charge in [-0.05, 0) is 61.9 Å². The first kappa shape index (κ1) is 25.6. The van der Waals surface area contributed by atoms with Crippen molar-refractivity contribution in [3.63, 3.8) is 0 Å². The molecule has 0 spiro atoms. The van der Waals surface area contributed by atoms with Crippen molar-refractivity contribution in [2.45, 2.75) is 63.8 Å². The van der Waals surface area contributed by atoms with Gasteiger partial charge < -0.3 is 20.1 Å². The van der Waals surface area contributed by atoms with Gasteiger partial charge in [-0.25, -0.2) is 9.37 Å². The summed E-state index contributed by atoms with van der Waals surface area (Å²) in [6, 6.07) is 13.6. The number of benzene rings is 2. The minimum absolute atomic E-state index is 0.0255. The third kappa shape index (κ3) is 6.10. The highest BCUT2D eigenvalue weighted by Gasteiger charge is 2.36. The summed E-state index contributed by atoms with van der Waals surface area (Å²) in [6.07, 6.45) is 1.96. The number of fused-ring (bicyclic) bond motifs is 1. The molecule has 1 aromatic heterocycles. The van der Waals surface area contributed by atoms with Gasteiger partial charge in [0.1, 0.15) is 6.17 Å². The number of amides is 1. The van der Waals surface area contributed by atoms with Crippen LogP contribution in [-0.2, 0) is 20.7 Å². The second-order valence-corrected chi connectivity index (χ2v) is 11.1. The van der Waals surface area contributed by atoms with Crippen molar-refractivity contribution in [3.05, 3.63) is 53.6 Å². The molecule has 2 N–H and O–H groups in total. The van der Waals surface area contributed by atoms with E-state index in [-0.39, 0.29) is 50.0 Å². The molecule has 2 aromatic carbocycles. The lowest BCUT2D eigenvalue weighted by Gasteiger charge is -2.29. The second kappa shape index (κ2) is 11.1. The standard InChI is InChI=1S/C28H32FN3O4S/c1-17-4-2-3-5-23(17)30-28-31-24-11-6-18(12-25(24)37-28)13-26(33)32-15-20(29)14-21(32)16-36-22-9-7-19(8-10-22)27(34)35/h2-6,11-12,19-22H,7-10,13-16H2,1H3,(H,30,31)(H,34,35)/t19?,20-,21-,22?/m0/s1. The first-order valence-corrected chi connectivity index (χ1v) is 13.7. The predicted molar refractivity (Wildman–Crippen MR) is 142 cm³/mol. The number of carbonyl (C=O) groups is 2. The number of nitrogens with zero attached hydrogens (tertiary/aromatic N) is 2. The van der Waals surface area contributed by atoms with Gasteiger partial charge >= 0.3 is 5.97 Å². The van der Waals surface area contributed by atoms with Crippen LogP contribution in [0.5, 0.6) is 0 Å². The normalized spacial score (nSPS) is 23.9. The lowest BCUT2D eigenvalue weighted by Crippen LogP contribution is -2.40. The second-order valence-electron chi connectivity index (χ2n) is 10.1. The summed E-state index contributed by atoms with van der Waals surface area (Å²) in [5.41, 5.74) is 3.88. The van der Waals surface area contributed by atoms with Gasteiger partial charge in [-0.15, -0.1) is 0 Å². The molecule has 0 radical (unpaired) electrons. The van der Waals surface area contributed by atoms with Crippen LogP contribution in [0.15, 0.2) is 42.5 Å². The monoisotopic (exact) mass is 525 g/mol. The number of carboxylic acid groups (broad SMARTS) is 1. The van der Waals surface area contributed by atoms with Crippen molar-refractivity contribution in [1.29, 1.82) is 0 Å². The molecule has 2 heterocycles. The van der Waals surface area contributed by atoms with Crippen LogP contribution in [0, 0.1) is 12.8 Å². The van der Waals surface area contributed by atoms with E-state index in [1.165, 1.54) is 11.3 Å². The van der Waals surface area contributed by atoms with Crippen molar-refractivity contribution in [1.82, 2.24) is 9.88 Å². The van der Waals surface area contributed by atoms with Crippen LogP contribution >= 0.6 is 11.3 Å². The molecule has 196 valence electrons. The Hall–Kier alpha value is -3.04. The smallest absolute Gasteiger partial charge is 0.306 e. The van der Waals surface area contributed by atoms with Crippen LogP contribution < -0.4 is 5.32 Å². The molecule has 1 saturated heterocycles. The topological polar surface area (TPSA) is 91.8 Å². The van der Waals surface area contributed by atoms with Crippen molar-refractivity contribution >= 4 is 44.2 Å². The summed E-state index contributed by atoms with van der Waals surface area (Å²) >= 11 is 1.54. The number of rotatable bonds is 8. The molecule has 1 amide bonds. The van der Waals surface area contributed by atoms with Crippen molar-refractivity contribution < 1.29 is 23.8 Å². The van der Waals surface area contributed by atoms with Crippen molar-refractivity contribution in [2.75, 3.05) is 18.5 Å². The third-order valence-corrected chi connectivity index (χ3v) is 8.36. The lowest BCUT2D eigenvalue weighted by molar-refractivity contribution is -0.144. The molecule has 37 heavy (non-hydrogen) atoms. The number of aryl methyl sites for hydroxylation is 1. The van der Waals surface area contributed by atoms with Gasteiger partial charge in [0.15, 0.2) is 5.13 Å². The van der Waals surface area contributed by atoms with Crippen LogP contribution in [-0.4, -0.2) is 58.3 Å². The molecule has 2 fully saturated rings. The Kier molecular flexibility index (Phi) is 7.71. The number of aliphatic carboxylic acids is 1. The number of alkyl halides is 1. The Bertz CT molecular complexity index is 1270. The molecule has 2 aliphatic rings. The molecule has 0 bridgehead atoms. The zero-order chi connectivity index (χ0) is 25.9. The summed E-state index contributed by atoms with van der Waals surface area (Å²) in [4.78, 5) is 30.6. The number of carbonyl (C=O) groups excluding carboxylic acids is 1. The first-order chi connectivity index (χ1) is 17.9. The maximum absolute atomic E-state index is 14.3. The van der Waals surface area contributed by atoms with Gasteiger partial charge in [0, 0.05) is 12.1 Å². The average Bonchev–Trinajstić information content (AvgIpc) is 3.46. The van der Waals surface area contributed by atoms with Gasteiger partial charge in [-0.3, -0.25) is 9.59 Å². The van der Waals surface area contributed by atoms with Gasteiger partial charge in [-0.1, -0.05) is 35.6 Å². The summed E-state index contributed by atoms with van der Waals surface area (Å²) in [7, 11) is 0. The van der Waals surface area contributed by atoms with E-state index in [1.54, 1.807) is 4.90 Å². The molecule has 1 saturated carbocycles. The number of halogens is 1. The van der Waals surface area contributed by atoms with Crippen molar-refractivity contribution in [2.24, 2.45) is 5.92 Å². The van der Waals surface area contributed by atoms with E-state index in [9.17, 15) is 14.0 Å². The zero-order valence-electron chi connectivity index (χ0n) is 20.9. The van der Waals surface area contributed by atoms with E-state index in [0.29, 0.717) is 25.7 Å². The Morgan fingerprint density at radius 3 is 2.73 bits per heavy atom. The molecule has 9 heteroatoms. The summed E-state index contributed by atoms with van der Waals surface area (Å²) in [6.45, 7) is 2.42. The minimum atomic E-state index is -1.06.